The zero-order valence-electron chi connectivity index (χ0n) is 18.7. The van der Waals surface area contributed by atoms with Crippen LogP contribution in [0.3, 0.4) is 0 Å². The average molecular weight is 470 g/mol. The minimum atomic E-state index is -2.05. The van der Waals surface area contributed by atoms with Crippen LogP contribution in [0.1, 0.15) is 55.8 Å². The highest BCUT2D eigenvalue weighted by Gasteiger charge is 2.56. The fourth-order valence-corrected chi connectivity index (χ4v) is 5.12. The predicted octanol–water partition coefficient (Wildman–Crippen LogP) is 0.553. The molecule has 35 heavy (non-hydrogen) atoms. The van der Waals surface area contributed by atoms with Crippen molar-refractivity contribution in [3.8, 4) is 29.4 Å². The van der Waals surface area contributed by atoms with Crippen LogP contribution in [0, 0.1) is 23.7 Å². The van der Waals surface area contributed by atoms with E-state index in [0.29, 0.717) is 5.56 Å². The zero-order chi connectivity index (χ0) is 25.1. The Bertz CT molecular complexity index is 1450. The molecule has 2 aliphatic carbocycles. The molecule has 2 aromatic carbocycles. The number of aromatic hydroxyl groups is 1. The number of phenols is 1. The number of hydrogen-bond acceptors (Lipinski definition) is 8. The normalized spacial score (nSPS) is 27.5. The van der Waals surface area contributed by atoms with E-state index in [2.05, 4.69) is 29.0 Å². The van der Waals surface area contributed by atoms with Crippen molar-refractivity contribution in [3.05, 3.63) is 69.8 Å². The first kappa shape index (κ1) is 22.9. The Kier molecular flexibility index (Phi) is 5.28. The number of carbonyl (C=O) groups is 2. The summed E-state index contributed by atoms with van der Waals surface area (Å²) >= 11 is 0. The van der Waals surface area contributed by atoms with E-state index < -0.39 is 47.1 Å². The number of phenolic OH excluding ortho intramolecular Hbond substituents is 1. The van der Waals surface area contributed by atoms with Crippen LogP contribution in [0.5, 0.6) is 5.75 Å². The fraction of sp³-hybridized carbons (Fsp3) is 0.259. The summed E-state index contributed by atoms with van der Waals surface area (Å²) in [6.45, 7) is 1.53. The zero-order valence-corrected chi connectivity index (χ0v) is 18.7. The second-order valence-corrected chi connectivity index (χ2v) is 8.83. The Morgan fingerprint density at radius 2 is 1.77 bits per heavy atom. The van der Waals surface area contributed by atoms with E-state index in [1.54, 1.807) is 6.07 Å². The Morgan fingerprint density at radius 3 is 2.46 bits per heavy atom. The van der Waals surface area contributed by atoms with Crippen LogP contribution >= 0.6 is 0 Å². The molecule has 5 rings (SSSR count). The van der Waals surface area contributed by atoms with Gasteiger partial charge in [-0.25, -0.2) is 0 Å². The van der Waals surface area contributed by atoms with E-state index in [1.807, 2.05) is 0 Å². The van der Waals surface area contributed by atoms with Gasteiger partial charge in [-0.15, -0.1) is 0 Å². The third-order valence-corrected chi connectivity index (χ3v) is 6.88. The van der Waals surface area contributed by atoms with Gasteiger partial charge in [0.15, 0.2) is 11.6 Å². The smallest absolute Gasteiger partial charge is 0.198 e. The summed E-state index contributed by atoms with van der Waals surface area (Å²) in [6, 6.07) is 4.78. The average Bonchev–Trinajstić information content (AvgIpc) is 2.83. The van der Waals surface area contributed by atoms with Crippen molar-refractivity contribution < 1.29 is 30.0 Å². The van der Waals surface area contributed by atoms with Gasteiger partial charge < -0.3 is 31.5 Å². The van der Waals surface area contributed by atoms with Gasteiger partial charge in [0.05, 0.1) is 28.8 Å². The summed E-state index contributed by atoms with van der Waals surface area (Å²) in [4.78, 5) is 27.1. The summed E-state index contributed by atoms with van der Waals surface area (Å²) in [6.07, 6.45) is -0.00287. The van der Waals surface area contributed by atoms with E-state index in [-0.39, 0.29) is 40.0 Å². The van der Waals surface area contributed by atoms with Crippen LogP contribution in [-0.2, 0) is 6.54 Å². The molecule has 2 bridgehead atoms. The summed E-state index contributed by atoms with van der Waals surface area (Å²) in [5.41, 5.74) is 4.59. The van der Waals surface area contributed by atoms with Crippen molar-refractivity contribution in [1.29, 1.82) is 0 Å². The van der Waals surface area contributed by atoms with E-state index >= 15 is 0 Å². The van der Waals surface area contributed by atoms with Crippen LogP contribution in [0.25, 0.3) is 0 Å². The highest BCUT2D eigenvalue weighted by atomic mass is 16.3. The van der Waals surface area contributed by atoms with Crippen molar-refractivity contribution in [3.63, 3.8) is 0 Å². The number of allylic oxidation sites excluding steroid dienone is 2. The molecule has 7 N–H and O–H groups in total. The Labute approximate surface area is 201 Å². The number of aliphatic hydroxyl groups excluding tert-OH is 2. The highest BCUT2D eigenvalue weighted by molar-refractivity contribution is 6.31. The molecule has 0 spiro atoms. The molecule has 0 radical (unpaired) electrons. The molecule has 8 nitrogen and oxygen atoms in total. The first-order valence-corrected chi connectivity index (χ1v) is 11.0. The lowest BCUT2D eigenvalue weighted by molar-refractivity contribution is -0.107. The Balaban J connectivity index is 1.82. The lowest BCUT2D eigenvalue weighted by Gasteiger charge is -2.48. The number of benzene rings is 2. The van der Waals surface area contributed by atoms with Gasteiger partial charge in [-0.2, -0.15) is 0 Å². The van der Waals surface area contributed by atoms with Gasteiger partial charge in [-0.05, 0) is 48.4 Å². The van der Waals surface area contributed by atoms with Gasteiger partial charge in [-0.3, -0.25) is 9.59 Å². The van der Waals surface area contributed by atoms with Crippen molar-refractivity contribution in [2.75, 3.05) is 5.32 Å². The monoisotopic (exact) mass is 470 g/mol. The van der Waals surface area contributed by atoms with Crippen molar-refractivity contribution in [2.45, 2.75) is 43.2 Å². The molecular weight excluding hydrogens is 448 g/mol. The molecule has 2 aromatic rings. The van der Waals surface area contributed by atoms with Crippen molar-refractivity contribution >= 4 is 17.3 Å². The summed E-state index contributed by atoms with van der Waals surface area (Å²) in [5.74, 6) is 8.01. The second-order valence-electron chi connectivity index (χ2n) is 8.83. The number of fused-ring (bicyclic) bond motifs is 7. The Morgan fingerprint density at radius 1 is 1.09 bits per heavy atom. The lowest BCUT2D eigenvalue weighted by Crippen LogP contribution is -2.62. The number of anilines is 1. The van der Waals surface area contributed by atoms with Gasteiger partial charge in [0, 0.05) is 17.7 Å². The number of nitrogens with two attached hydrogens (primary N) is 1. The molecule has 3 aliphatic rings. The number of carbonyl (C=O) groups excluding carboxylic acids is 2. The van der Waals surface area contributed by atoms with Crippen LogP contribution in [-0.4, -0.2) is 55.8 Å². The minimum absolute atomic E-state index is 0.0878. The molecule has 0 aromatic heterocycles. The number of nitrogens with one attached hydrogen (secondary N) is 1. The maximum absolute atomic E-state index is 13.7. The number of aliphatic hydroxyl groups is 3. The third kappa shape index (κ3) is 3.20. The Hall–Kier alpha value is -3.92. The highest BCUT2D eigenvalue weighted by Crippen LogP contribution is 2.50. The maximum Gasteiger partial charge on any atom is 0.198 e. The first-order valence-electron chi connectivity index (χ1n) is 11.0. The molecule has 0 amide bonds. The molecule has 176 valence electrons. The SMILES string of the molecule is C[C@@H](O)[C@@]1(O)C2c3cc(O)c4c(c3N[C@H]1C#C/C=C\C#C[C@H]2O)C(=O)c1ccc(CN)cc1C4=O. The van der Waals surface area contributed by atoms with E-state index in [4.69, 9.17) is 5.73 Å². The van der Waals surface area contributed by atoms with Crippen molar-refractivity contribution in [2.24, 2.45) is 5.73 Å². The largest absolute Gasteiger partial charge is 0.507 e. The first-order chi connectivity index (χ1) is 16.7. The summed E-state index contributed by atoms with van der Waals surface area (Å²) in [5, 5.41) is 47.3. The van der Waals surface area contributed by atoms with E-state index in [1.165, 1.54) is 37.3 Å². The predicted molar refractivity (Wildman–Crippen MR) is 127 cm³/mol. The summed E-state index contributed by atoms with van der Waals surface area (Å²) < 4.78 is 0. The maximum atomic E-state index is 13.7. The topological polar surface area (TPSA) is 153 Å². The van der Waals surface area contributed by atoms with Crippen molar-refractivity contribution in [1.82, 2.24) is 0 Å². The molecule has 1 unspecified atom stereocenters. The van der Waals surface area contributed by atoms with Gasteiger partial charge in [-0.1, -0.05) is 29.7 Å². The van der Waals surface area contributed by atoms with Gasteiger partial charge >= 0.3 is 0 Å². The molecule has 0 saturated carbocycles. The molecule has 0 saturated heterocycles. The number of ketones is 2. The van der Waals surface area contributed by atoms with Crippen LogP contribution < -0.4 is 11.1 Å². The molecule has 0 fully saturated rings. The molecule has 8 heteroatoms. The second kappa shape index (κ2) is 8.09. The van der Waals surface area contributed by atoms with Crippen LogP contribution in [0.4, 0.5) is 5.69 Å². The number of hydrogen-bond donors (Lipinski definition) is 6. The quantitative estimate of drug-likeness (QED) is 0.235. The van der Waals surface area contributed by atoms with E-state index in [0.717, 1.165) is 0 Å². The van der Waals surface area contributed by atoms with E-state index in [9.17, 15) is 30.0 Å². The standard InChI is InChI=1S/C27H22N2O6/c1-13(30)27(35)20-7-5-3-2-4-6-18(31)23(27)17-11-19(32)21-22(24(17)29-20)25(33)15-9-8-14(12-28)10-16(15)26(21)34/h2-3,8-11,13,18,20,23,29-32,35H,12,28H2,1H3/b3-2-/t13-,18-,20+,23?,27+/m1/s1. The third-order valence-electron chi connectivity index (χ3n) is 6.88. The molecular formula is C27H22N2O6. The van der Waals surface area contributed by atoms with Gasteiger partial charge in [0.2, 0.25) is 0 Å². The van der Waals surface area contributed by atoms with Crippen LogP contribution in [0.15, 0.2) is 36.4 Å². The van der Waals surface area contributed by atoms with Gasteiger partial charge in [0.1, 0.15) is 23.5 Å². The van der Waals surface area contributed by atoms with Crippen LogP contribution in [0.2, 0.25) is 0 Å². The fourth-order valence-electron chi connectivity index (χ4n) is 5.12. The molecule has 1 heterocycles. The molecule has 1 aliphatic heterocycles. The number of rotatable bonds is 2. The lowest BCUT2D eigenvalue weighted by atomic mass is 9.66. The molecule has 5 atom stereocenters. The summed E-state index contributed by atoms with van der Waals surface area (Å²) in [7, 11) is 0. The minimum Gasteiger partial charge on any atom is -0.507 e. The van der Waals surface area contributed by atoms with Gasteiger partial charge in [0.25, 0.3) is 0 Å².